The molecule has 0 saturated carbocycles. The zero-order valence-corrected chi connectivity index (χ0v) is 11.4. The number of halogens is 3. The SMILES string of the molecule is CCC(CC(O)CO)c1cc(C(F)(F)F)ccc1OC. The number of hydrogen-bond donors (Lipinski definition) is 2. The summed E-state index contributed by atoms with van der Waals surface area (Å²) in [4.78, 5) is 0. The normalized spacial score (nSPS) is 14.9. The van der Waals surface area contributed by atoms with Crippen molar-refractivity contribution in [2.45, 2.75) is 38.0 Å². The summed E-state index contributed by atoms with van der Waals surface area (Å²) in [5, 5.41) is 18.4. The Labute approximate surface area is 116 Å². The zero-order valence-electron chi connectivity index (χ0n) is 11.4. The molecule has 2 atom stereocenters. The van der Waals surface area contributed by atoms with Crippen LogP contribution in [0.15, 0.2) is 18.2 Å². The van der Waals surface area contributed by atoms with Crippen LogP contribution in [0.25, 0.3) is 0 Å². The number of ether oxygens (including phenoxy) is 1. The molecule has 0 heterocycles. The van der Waals surface area contributed by atoms with E-state index in [0.717, 1.165) is 12.1 Å². The summed E-state index contributed by atoms with van der Waals surface area (Å²) < 4.78 is 43.4. The van der Waals surface area contributed by atoms with Crippen LogP contribution in [0.1, 0.15) is 36.8 Å². The molecule has 0 aliphatic heterocycles. The lowest BCUT2D eigenvalue weighted by atomic mass is 9.89. The molecule has 0 aromatic heterocycles. The third-order valence-electron chi connectivity index (χ3n) is 3.26. The van der Waals surface area contributed by atoms with Gasteiger partial charge in [-0.25, -0.2) is 0 Å². The average Bonchev–Trinajstić information content (AvgIpc) is 2.42. The van der Waals surface area contributed by atoms with Gasteiger partial charge in [0.25, 0.3) is 0 Å². The number of alkyl halides is 3. The Morgan fingerprint density at radius 2 is 1.95 bits per heavy atom. The van der Waals surface area contributed by atoms with E-state index in [0.29, 0.717) is 17.7 Å². The van der Waals surface area contributed by atoms with Crippen molar-refractivity contribution in [2.24, 2.45) is 0 Å². The van der Waals surface area contributed by atoms with Crippen molar-refractivity contribution in [1.29, 1.82) is 0 Å². The number of methoxy groups -OCH3 is 1. The van der Waals surface area contributed by atoms with E-state index in [-0.39, 0.29) is 12.3 Å². The molecule has 0 saturated heterocycles. The molecule has 20 heavy (non-hydrogen) atoms. The molecule has 1 aromatic rings. The van der Waals surface area contributed by atoms with E-state index in [2.05, 4.69) is 0 Å². The molecule has 0 radical (unpaired) electrons. The van der Waals surface area contributed by atoms with Crippen LogP contribution in [0.2, 0.25) is 0 Å². The van der Waals surface area contributed by atoms with Crippen LogP contribution in [-0.4, -0.2) is 30.0 Å². The highest BCUT2D eigenvalue weighted by atomic mass is 19.4. The molecule has 1 rings (SSSR count). The van der Waals surface area contributed by atoms with Gasteiger partial charge in [-0.1, -0.05) is 6.92 Å². The highest BCUT2D eigenvalue weighted by Crippen LogP contribution is 2.37. The lowest BCUT2D eigenvalue weighted by Gasteiger charge is -2.22. The Morgan fingerprint density at radius 3 is 2.40 bits per heavy atom. The van der Waals surface area contributed by atoms with Crippen molar-refractivity contribution >= 4 is 0 Å². The lowest BCUT2D eigenvalue weighted by Crippen LogP contribution is -2.17. The monoisotopic (exact) mass is 292 g/mol. The summed E-state index contributed by atoms with van der Waals surface area (Å²) in [7, 11) is 1.39. The first-order chi connectivity index (χ1) is 9.33. The van der Waals surface area contributed by atoms with Gasteiger partial charge in [-0.15, -0.1) is 0 Å². The summed E-state index contributed by atoms with van der Waals surface area (Å²) in [5.74, 6) is 0.0457. The number of aliphatic hydroxyl groups is 2. The molecule has 114 valence electrons. The summed E-state index contributed by atoms with van der Waals surface area (Å²) in [5.41, 5.74) is -0.345. The Morgan fingerprint density at radius 1 is 1.30 bits per heavy atom. The Bertz CT molecular complexity index is 432. The maximum Gasteiger partial charge on any atom is 0.416 e. The van der Waals surface area contributed by atoms with Crippen LogP contribution in [0.4, 0.5) is 13.2 Å². The van der Waals surface area contributed by atoms with Crippen LogP contribution >= 0.6 is 0 Å². The van der Waals surface area contributed by atoms with E-state index < -0.39 is 24.5 Å². The second-order valence-electron chi connectivity index (χ2n) is 4.63. The molecule has 1 aromatic carbocycles. The minimum absolute atomic E-state index is 0.185. The van der Waals surface area contributed by atoms with Gasteiger partial charge in [-0.05, 0) is 42.5 Å². The first-order valence-electron chi connectivity index (χ1n) is 6.37. The minimum Gasteiger partial charge on any atom is -0.496 e. The molecule has 2 unspecified atom stereocenters. The fourth-order valence-corrected chi connectivity index (χ4v) is 2.15. The second kappa shape index (κ2) is 6.95. The largest absolute Gasteiger partial charge is 0.496 e. The van der Waals surface area contributed by atoms with Crippen molar-refractivity contribution < 1.29 is 28.1 Å². The average molecular weight is 292 g/mol. The number of hydrogen-bond acceptors (Lipinski definition) is 3. The van der Waals surface area contributed by atoms with E-state index in [9.17, 15) is 18.3 Å². The Hall–Kier alpha value is -1.27. The predicted molar refractivity (Wildman–Crippen MR) is 68.7 cm³/mol. The van der Waals surface area contributed by atoms with Crippen molar-refractivity contribution in [2.75, 3.05) is 13.7 Å². The van der Waals surface area contributed by atoms with Gasteiger partial charge in [-0.2, -0.15) is 13.2 Å². The molecule has 6 heteroatoms. The van der Waals surface area contributed by atoms with E-state index in [4.69, 9.17) is 9.84 Å². The minimum atomic E-state index is -4.42. The lowest BCUT2D eigenvalue weighted by molar-refractivity contribution is -0.137. The van der Waals surface area contributed by atoms with E-state index in [1.54, 1.807) is 0 Å². The molecule has 0 aliphatic carbocycles. The first-order valence-corrected chi connectivity index (χ1v) is 6.37. The number of rotatable bonds is 6. The molecule has 0 amide bonds. The highest BCUT2D eigenvalue weighted by molar-refractivity contribution is 5.40. The van der Waals surface area contributed by atoms with Gasteiger partial charge in [0, 0.05) is 0 Å². The van der Waals surface area contributed by atoms with Crippen molar-refractivity contribution in [3.63, 3.8) is 0 Å². The van der Waals surface area contributed by atoms with Crippen molar-refractivity contribution in [1.82, 2.24) is 0 Å². The van der Waals surface area contributed by atoms with E-state index in [1.165, 1.54) is 13.2 Å². The molecule has 0 aliphatic rings. The molecule has 2 N–H and O–H groups in total. The molecular weight excluding hydrogens is 273 g/mol. The standard InChI is InChI=1S/C14H19F3O3/c1-3-9(6-11(19)8-18)12-7-10(14(15,16)17)4-5-13(12)20-2/h4-5,7,9,11,18-19H,3,6,8H2,1-2H3. The van der Waals surface area contributed by atoms with E-state index in [1.807, 2.05) is 6.92 Å². The summed E-state index contributed by atoms with van der Waals surface area (Å²) >= 11 is 0. The van der Waals surface area contributed by atoms with Gasteiger partial charge in [0.2, 0.25) is 0 Å². The zero-order chi connectivity index (χ0) is 15.3. The van der Waals surface area contributed by atoms with Gasteiger partial charge in [0.05, 0.1) is 25.4 Å². The van der Waals surface area contributed by atoms with Crippen LogP contribution in [0.5, 0.6) is 5.75 Å². The van der Waals surface area contributed by atoms with Crippen molar-refractivity contribution in [3.8, 4) is 5.75 Å². The van der Waals surface area contributed by atoms with Crippen LogP contribution in [0, 0.1) is 0 Å². The smallest absolute Gasteiger partial charge is 0.416 e. The molecule has 0 spiro atoms. The Kier molecular flexibility index (Phi) is 5.83. The van der Waals surface area contributed by atoms with Gasteiger partial charge in [0.1, 0.15) is 5.75 Å². The second-order valence-corrected chi connectivity index (χ2v) is 4.63. The number of benzene rings is 1. The third-order valence-corrected chi connectivity index (χ3v) is 3.26. The maximum atomic E-state index is 12.8. The van der Waals surface area contributed by atoms with E-state index >= 15 is 0 Å². The summed E-state index contributed by atoms with van der Waals surface area (Å²) in [6.07, 6.45) is -4.66. The number of aliphatic hydroxyl groups excluding tert-OH is 2. The molecule has 0 fully saturated rings. The summed E-state index contributed by atoms with van der Waals surface area (Å²) in [6, 6.07) is 3.31. The van der Waals surface area contributed by atoms with Crippen molar-refractivity contribution in [3.05, 3.63) is 29.3 Å². The highest BCUT2D eigenvalue weighted by Gasteiger charge is 2.32. The Balaban J connectivity index is 3.17. The molecular formula is C14H19F3O3. The van der Waals surface area contributed by atoms with Gasteiger partial charge in [0.15, 0.2) is 0 Å². The maximum absolute atomic E-state index is 12.8. The van der Waals surface area contributed by atoms with Crippen LogP contribution in [0.3, 0.4) is 0 Å². The fraction of sp³-hybridized carbons (Fsp3) is 0.571. The van der Waals surface area contributed by atoms with Crippen LogP contribution in [-0.2, 0) is 6.18 Å². The predicted octanol–water partition coefficient (Wildman–Crippen LogP) is 2.95. The van der Waals surface area contributed by atoms with Gasteiger partial charge in [-0.3, -0.25) is 0 Å². The fourth-order valence-electron chi connectivity index (χ4n) is 2.15. The quantitative estimate of drug-likeness (QED) is 0.847. The third kappa shape index (κ3) is 4.11. The topological polar surface area (TPSA) is 49.7 Å². The summed E-state index contributed by atoms with van der Waals surface area (Å²) in [6.45, 7) is 1.40. The molecule has 3 nitrogen and oxygen atoms in total. The molecule has 0 bridgehead atoms. The first kappa shape index (κ1) is 16.8. The van der Waals surface area contributed by atoms with Gasteiger partial charge < -0.3 is 14.9 Å². The van der Waals surface area contributed by atoms with Gasteiger partial charge >= 0.3 is 6.18 Å². The van der Waals surface area contributed by atoms with Crippen LogP contribution < -0.4 is 4.74 Å².